The molecule has 0 aliphatic rings. The third-order valence-electron chi connectivity index (χ3n) is 8.83. The summed E-state index contributed by atoms with van der Waals surface area (Å²) in [6.07, 6.45) is 47.1. The van der Waals surface area contributed by atoms with Gasteiger partial charge in [-0.25, -0.2) is 0 Å². The molecule has 0 fully saturated rings. The van der Waals surface area contributed by atoms with Crippen molar-refractivity contribution in [1.29, 1.82) is 0 Å². The van der Waals surface area contributed by atoms with Gasteiger partial charge in [-0.1, -0.05) is 193 Å². The van der Waals surface area contributed by atoms with Crippen LogP contribution in [0, 0.1) is 5.92 Å². The van der Waals surface area contributed by atoms with Gasteiger partial charge in [0.2, 0.25) is 0 Å². The molecule has 42 heavy (non-hydrogen) atoms. The van der Waals surface area contributed by atoms with Crippen LogP contribution in [0.15, 0.2) is 12.2 Å². The Morgan fingerprint density at radius 2 is 0.833 bits per heavy atom. The standard InChI is InChI=1S/C40H78O2/c1-4-5-6-7-8-9-10-11-12-13-14-15-16-19-22-25-28-31-34-37-40(41)42-38-35-32-29-26-23-20-17-18-21-24-27-30-33-36-39(2)3/h11-12,39H,4-10,13-38H2,1-3H3/b12-11-. The first-order valence-corrected chi connectivity index (χ1v) is 19.5. The minimum absolute atomic E-state index is 0.0240. The second-order valence-electron chi connectivity index (χ2n) is 13.7. The van der Waals surface area contributed by atoms with Gasteiger partial charge in [0, 0.05) is 6.42 Å². The van der Waals surface area contributed by atoms with Gasteiger partial charge in [0.1, 0.15) is 0 Å². The first-order valence-electron chi connectivity index (χ1n) is 19.5. The molecule has 0 aromatic rings. The van der Waals surface area contributed by atoms with Crippen LogP contribution >= 0.6 is 0 Å². The van der Waals surface area contributed by atoms with Gasteiger partial charge in [0.25, 0.3) is 0 Å². The third kappa shape index (κ3) is 37.2. The number of hydrogen-bond donors (Lipinski definition) is 0. The zero-order valence-corrected chi connectivity index (χ0v) is 29.4. The number of ether oxygens (including phenoxy) is 1. The van der Waals surface area contributed by atoms with Gasteiger partial charge in [-0.15, -0.1) is 0 Å². The number of esters is 1. The molecule has 0 aromatic heterocycles. The maximum absolute atomic E-state index is 12.0. The van der Waals surface area contributed by atoms with Gasteiger partial charge in [-0.3, -0.25) is 4.79 Å². The highest BCUT2D eigenvalue weighted by molar-refractivity contribution is 5.69. The van der Waals surface area contributed by atoms with Crippen LogP contribution in [0.3, 0.4) is 0 Å². The smallest absolute Gasteiger partial charge is 0.305 e. The summed E-state index contributed by atoms with van der Waals surface area (Å²) < 4.78 is 5.45. The van der Waals surface area contributed by atoms with Crippen LogP contribution in [-0.4, -0.2) is 12.6 Å². The van der Waals surface area contributed by atoms with Crippen molar-refractivity contribution in [3.8, 4) is 0 Å². The predicted molar refractivity (Wildman–Crippen MR) is 188 cm³/mol. The maximum Gasteiger partial charge on any atom is 0.305 e. The van der Waals surface area contributed by atoms with Crippen molar-refractivity contribution in [3.05, 3.63) is 12.2 Å². The van der Waals surface area contributed by atoms with Gasteiger partial charge < -0.3 is 4.74 Å². The lowest BCUT2D eigenvalue weighted by atomic mass is 10.0. The lowest BCUT2D eigenvalue weighted by Crippen LogP contribution is -2.05. The second kappa shape index (κ2) is 36.4. The molecule has 0 unspecified atom stereocenters. The highest BCUT2D eigenvalue weighted by atomic mass is 16.5. The molecule has 0 aliphatic carbocycles. The zero-order valence-electron chi connectivity index (χ0n) is 29.4. The molecule has 0 atom stereocenters. The average molecular weight is 591 g/mol. The van der Waals surface area contributed by atoms with E-state index in [1.807, 2.05) is 0 Å². The van der Waals surface area contributed by atoms with Crippen molar-refractivity contribution in [2.75, 3.05) is 6.61 Å². The maximum atomic E-state index is 12.0. The first-order chi connectivity index (χ1) is 20.7. The summed E-state index contributed by atoms with van der Waals surface area (Å²) in [5.41, 5.74) is 0. The molecule has 2 nitrogen and oxygen atoms in total. The van der Waals surface area contributed by atoms with Gasteiger partial charge in [-0.05, 0) is 44.4 Å². The SMILES string of the molecule is CCCCCCCC/C=C\CCCCCCCCCCCC(=O)OCCCCCCCCCCCCCCCC(C)C. The first kappa shape index (κ1) is 41.2. The van der Waals surface area contributed by atoms with E-state index in [-0.39, 0.29) is 5.97 Å². The molecule has 0 aliphatic heterocycles. The summed E-state index contributed by atoms with van der Waals surface area (Å²) in [7, 11) is 0. The van der Waals surface area contributed by atoms with Crippen LogP contribution in [-0.2, 0) is 9.53 Å². The summed E-state index contributed by atoms with van der Waals surface area (Å²) in [4.78, 5) is 12.0. The van der Waals surface area contributed by atoms with Gasteiger partial charge in [0.05, 0.1) is 6.61 Å². The number of unbranched alkanes of at least 4 members (excludes halogenated alkanes) is 27. The van der Waals surface area contributed by atoms with E-state index in [2.05, 4.69) is 32.9 Å². The van der Waals surface area contributed by atoms with Gasteiger partial charge in [-0.2, -0.15) is 0 Å². The molecule has 2 heteroatoms. The summed E-state index contributed by atoms with van der Waals surface area (Å²) in [6, 6.07) is 0. The molecule has 0 saturated heterocycles. The molecule has 0 rings (SSSR count). The van der Waals surface area contributed by atoms with Crippen LogP contribution < -0.4 is 0 Å². The Bertz CT molecular complexity index is 538. The predicted octanol–water partition coefficient (Wildman–Crippen LogP) is 14.2. The van der Waals surface area contributed by atoms with Crippen LogP contribution in [0.2, 0.25) is 0 Å². The molecule has 0 heterocycles. The average Bonchev–Trinajstić information content (AvgIpc) is 2.98. The summed E-state index contributed by atoms with van der Waals surface area (Å²) >= 11 is 0. The van der Waals surface area contributed by atoms with Crippen LogP contribution in [0.25, 0.3) is 0 Å². The normalized spacial score (nSPS) is 11.7. The number of hydrogen-bond acceptors (Lipinski definition) is 2. The fourth-order valence-electron chi connectivity index (χ4n) is 5.90. The number of allylic oxidation sites excluding steroid dienone is 2. The van der Waals surface area contributed by atoms with E-state index < -0.39 is 0 Å². The van der Waals surface area contributed by atoms with E-state index in [0.717, 1.165) is 18.8 Å². The Hall–Kier alpha value is -0.790. The van der Waals surface area contributed by atoms with E-state index in [0.29, 0.717) is 13.0 Å². The Kier molecular flexibility index (Phi) is 35.7. The Morgan fingerprint density at radius 3 is 1.26 bits per heavy atom. The Morgan fingerprint density at radius 1 is 0.476 bits per heavy atom. The zero-order chi connectivity index (χ0) is 30.6. The van der Waals surface area contributed by atoms with Crippen LogP contribution in [0.5, 0.6) is 0 Å². The molecule has 0 bridgehead atoms. The molecule has 0 radical (unpaired) electrons. The summed E-state index contributed by atoms with van der Waals surface area (Å²) in [6.45, 7) is 7.58. The quantitative estimate of drug-likeness (QED) is 0.0417. The van der Waals surface area contributed by atoms with Gasteiger partial charge >= 0.3 is 5.97 Å². The van der Waals surface area contributed by atoms with Crippen LogP contribution in [0.1, 0.15) is 226 Å². The molecule has 250 valence electrons. The lowest BCUT2D eigenvalue weighted by molar-refractivity contribution is -0.143. The highest BCUT2D eigenvalue weighted by Gasteiger charge is 2.03. The van der Waals surface area contributed by atoms with Gasteiger partial charge in [0.15, 0.2) is 0 Å². The van der Waals surface area contributed by atoms with Crippen molar-refractivity contribution >= 4 is 5.97 Å². The number of rotatable bonds is 35. The van der Waals surface area contributed by atoms with E-state index >= 15 is 0 Å². The number of carbonyl (C=O) groups excluding carboxylic acids is 1. The molecule has 0 saturated carbocycles. The fraction of sp³-hybridized carbons (Fsp3) is 0.925. The number of carbonyl (C=O) groups is 1. The minimum atomic E-state index is 0.0240. The molecule has 0 spiro atoms. The molecule has 0 aromatic carbocycles. The molecular formula is C40H78O2. The van der Waals surface area contributed by atoms with Crippen molar-refractivity contribution in [2.45, 2.75) is 226 Å². The van der Waals surface area contributed by atoms with Crippen molar-refractivity contribution in [3.63, 3.8) is 0 Å². The second-order valence-corrected chi connectivity index (χ2v) is 13.7. The van der Waals surface area contributed by atoms with E-state index in [9.17, 15) is 4.79 Å². The minimum Gasteiger partial charge on any atom is -0.466 e. The Balaban J connectivity index is 3.18. The van der Waals surface area contributed by atoms with Crippen molar-refractivity contribution in [1.82, 2.24) is 0 Å². The van der Waals surface area contributed by atoms with Crippen LogP contribution in [0.4, 0.5) is 0 Å². The summed E-state index contributed by atoms with van der Waals surface area (Å²) in [5.74, 6) is 0.896. The molecular weight excluding hydrogens is 512 g/mol. The molecule has 0 N–H and O–H groups in total. The van der Waals surface area contributed by atoms with Crippen molar-refractivity contribution in [2.24, 2.45) is 5.92 Å². The van der Waals surface area contributed by atoms with E-state index in [1.54, 1.807) is 0 Å². The lowest BCUT2D eigenvalue weighted by Gasteiger charge is -2.06. The van der Waals surface area contributed by atoms with E-state index in [1.165, 1.54) is 186 Å². The summed E-state index contributed by atoms with van der Waals surface area (Å²) in [5, 5.41) is 0. The van der Waals surface area contributed by atoms with Crippen molar-refractivity contribution < 1.29 is 9.53 Å². The van der Waals surface area contributed by atoms with E-state index in [4.69, 9.17) is 4.74 Å². The fourth-order valence-corrected chi connectivity index (χ4v) is 5.90. The largest absolute Gasteiger partial charge is 0.466 e. The third-order valence-corrected chi connectivity index (χ3v) is 8.83. The highest BCUT2D eigenvalue weighted by Crippen LogP contribution is 2.15. The molecule has 0 amide bonds. The topological polar surface area (TPSA) is 26.3 Å². The monoisotopic (exact) mass is 591 g/mol. The Labute approximate surface area is 266 Å².